The summed E-state index contributed by atoms with van der Waals surface area (Å²) < 4.78 is 0. The van der Waals surface area contributed by atoms with Gasteiger partial charge >= 0.3 is 0 Å². The first-order chi connectivity index (χ1) is 8.28. The lowest BCUT2D eigenvalue weighted by molar-refractivity contribution is 0.250. The van der Waals surface area contributed by atoms with Gasteiger partial charge in [0.15, 0.2) is 0 Å². The lowest BCUT2D eigenvalue weighted by Crippen LogP contribution is -2.30. The molecule has 17 heavy (non-hydrogen) atoms. The molecule has 2 N–H and O–H groups in total. The average molecular weight is 236 g/mol. The highest BCUT2D eigenvalue weighted by molar-refractivity contribution is 5.05. The van der Waals surface area contributed by atoms with E-state index in [2.05, 4.69) is 24.0 Å². The Bertz CT molecular complexity index is 249. The molecule has 1 aliphatic heterocycles. The molecule has 0 radical (unpaired) electrons. The van der Waals surface area contributed by atoms with Crippen molar-refractivity contribution in [3.8, 4) is 0 Å². The SMILES string of the molecule is CCCC1CCCN(CC2C=CC(N)C2)CC1. The van der Waals surface area contributed by atoms with Crippen LogP contribution in [0, 0.1) is 11.8 Å². The second-order valence-corrected chi connectivity index (χ2v) is 5.93. The maximum Gasteiger partial charge on any atom is 0.0229 e. The van der Waals surface area contributed by atoms with Gasteiger partial charge in [0.2, 0.25) is 0 Å². The Morgan fingerprint density at radius 2 is 2.12 bits per heavy atom. The molecular formula is C15H28N2. The van der Waals surface area contributed by atoms with E-state index in [0.717, 1.165) is 12.3 Å². The van der Waals surface area contributed by atoms with Crippen molar-refractivity contribution in [3.05, 3.63) is 12.2 Å². The molecule has 2 heteroatoms. The summed E-state index contributed by atoms with van der Waals surface area (Å²) in [4.78, 5) is 2.67. The van der Waals surface area contributed by atoms with E-state index >= 15 is 0 Å². The van der Waals surface area contributed by atoms with Gasteiger partial charge in [0.1, 0.15) is 0 Å². The molecule has 0 aromatic rings. The maximum absolute atomic E-state index is 5.92. The van der Waals surface area contributed by atoms with E-state index in [-0.39, 0.29) is 0 Å². The largest absolute Gasteiger partial charge is 0.324 e. The van der Waals surface area contributed by atoms with Gasteiger partial charge in [-0.05, 0) is 50.6 Å². The summed E-state index contributed by atoms with van der Waals surface area (Å²) in [6.07, 6.45) is 12.7. The molecule has 3 atom stereocenters. The number of hydrogen-bond acceptors (Lipinski definition) is 2. The van der Waals surface area contributed by atoms with Crippen LogP contribution in [0.5, 0.6) is 0 Å². The predicted octanol–water partition coefficient (Wildman–Crippen LogP) is 2.79. The van der Waals surface area contributed by atoms with Gasteiger partial charge in [-0.2, -0.15) is 0 Å². The molecule has 0 aromatic heterocycles. The fraction of sp³-hybridized carbons (Fsp3) is 0.867. The summed E-state index contributed by atoms with van der Waals surface area (Å²) in [5.74, 6) is 1.71. The summed E-state index contributed by atoms with van der Waals surface area (Å²) in [5.41, 5.74) is 5.92. The standard InChI is InChI=1S/C15H28N2/c1-2-4-13-5-3-9-17(10-8-13)12-14-6-7-15(16)11-14/h6-7,13-15H,2-5,8-12,16H2,1H3. The molecule has 3 unspecified atom stereocenters. The Kier molecular flexibility index (Phi) is 5.05. The van der Waals surface area contributed by atoms with Crippen molar-refractivity contribution in [1.82, 2.24) is 4.90 Å². The van der Waals surface area contributed by atoms with Crippen molar-refractivity contribution in [1.29, 1.82) is 0 Å². The lowest BCUT2D eigenvalue weighted by Gasteiger charge is -2.23. The second-order valence-electron chi connectivity index (χ2n) is 5.93. The van der Waals surface area contributed by atoms with Crippen LogP contribution in [0.15, 0.2) is 12.2 Å². The summed E-state index contributed by atoms with van der Waals surface area (Å²) in [6.45, 7) is 6.17. The maximum atomic E-state index is 5.92. The molecule has 1 saturated heterocycles. The molecule has 1 heterocycles. The molecule has 2 rings (SSSR count). The quantitative estimate of drug-likeness (QED) is 0.761. The molecule has 1 fully saturated rings. The molecule has 0 aromatic carbocycles. The number of hydrogen-bond donors (Lipinski definition) is 1. The van der Waals surface area contributed by atoms with E-state index in [1.54, 1.807) is 0 Å². The van der Waals surface area contributed by atoms with Crippen LogP contribution in [0.25, 0.3) is 0 Å². The first-order valence-electron chi connectivity index (χ1n) is 7.44. The van der Waals surface area contributed by atoms with E-state index in [1.165, 1.54) is 51.7 Å². The van der Waals surface area contributed by atoms with E-state index in [9.17, 15) is 0 Å². The molecule has 0 amide bonds. The fourth-order valence-corrected chi connectivity index (χ4v) is 3.38. The summed E-state index contributed by atoms with van der Waals surface area (Å²) >= 11 is 0. The van der Waals surface area contributed by atoms with E-state index in [1.807, 2.05) is 0 Å². The highest BCUT2D eigenvalue weighted by Crippen LogP contribution is 2.24. The minimum Gasteiger partial charge on any atom is -0.324 e. The highest BCUT2D eigenvalue weighted by atomic mass is 15.1. The fourth-order valence-electron chi connectivity index (χ4n) is 3.38. The van der Waals surface area contributed by atoms with E-state index in [4.69, 9.17) is 5.73 Å². The molecule has 0 spiro atoms. The zero-order valence-corrected chi connectivity index (χ0v) is 11.3. The van der Waals surface area contributed by atoms with Crippen LogP contribution in [0.3, 0.4) is 0 Å². The van der Waals surface area contributed by atoms with Crippen molar-refractivity contribution in [2.75, 3.05) is 19.6 Å². The predicted molar refractivity (Wildman–Crippen MR) is 73.9 cm³/mol. The van der Waals surface area contributed by atoms with Gasteiger partial charge in [0, 0.05) is 12.6 Å². The van der Waals surface area contributed by atoms with Crippen LogP contribution in [-0.4, -0.2) is 30.6 Å². The van der Waals surface area contributed by atoms with Crippen molar-refractivity contribution >= 4 is 0 Å². The summed E-state index contributed by atoms with van der Waals surface area (Å²) in [5, 5.41) is 0. The Morgan fingerprint density at radius 3 is 2.82 bits per heavy atom. The van der Waals surface area contributed by atoms with Crippen LogP contribution in [0.4, 0.5) is 0 Å². The highest BCUT2D eigenvalue weighted by Gasteiger charge is 2.21. The molecule has 98 valence electrons. The van der Waals surface area contributed by atoms with Crippen LogP contribution < -0.4 is 5.73 Å². The number of nitrogens with zero attached hydrogens (tertiary/aromatic N) is 1. The van der Waals surface area contributed by atoms with Gasteiger partial charge in [-0.25, -0.2) is 0 Å². The number of likely N-dealkylation sites (tertiary alicyclic amines) is 1. The number of rotatable bonds is 4. The molecule has 2 aliphatic rings. The van der Waals surface area contributed by atoms with Gasteiger partial charge in [-0.1, -0.05) is 31.9 Å². The van der Waals surface area contributed by atoms with Crippen molar-refractivity contribution in [2.45, 2.75) is 51.5 Å². The Balaban J connectivity index is 1.73. The normalized spacial score (nSPS) is 35.1. The summed E-state index contributed by atoms with van der Waals surface area (Å²) in [6, 6.07) is 0.319. The van der Waals surface area contributed by atoms with Gasteiger partial charge < -0.3 is 10.6 Å². The molecule has 0 saturated carbocycles. The minimum atomic E-state index is 0.319. The van der Waals surface area contributed by atoms with Crippen molar-refractivity contribution < 1.29 is 0 Å². The van der Waals surface area contributed by atoms with Crippen molar-refractivity contribution in [3.63, 3.8) is 0 Å². The zero-order valence-electron chi connectivity index (χ0n) is 11.3. The van der Waals surface area contributed by atoms with Crippen LogP contribution in [-0.2, 0) is 0 Å². The first-order valence-corrected chi connectivity index (χ1v) is 7.44. The molecular weight excluding hydrogens is 208 g/mol. The Hall–Kier alpha value is -0.340. The Labute approximate surface area is 106 Å². The summed E-state index contributed by atoms with van der Waals surface area (Å²) in [7, 11) is 0. The Morgan fingerprint density at radius 1 is 1.24 bits per heavy atom. The minimum absolute atomic E-state index is 0.319. The number of nitrogens with two attached hydrogens (primary N) is 1. The average Bonchev–Trinajstić information content (AvgIpc) is 2.58. The molecule has 1 aliphatic carbocycles. The van der Waals surface area contributed by atoms with E-state index < -0.39 is 0 Å². The first kappa shape index (κ1) is 13.1. The lowest BCUT2D eigenvalue weighted by atomic mass is 9.96. The monoisotopic (exact) mass is 236 g/mol. The van der Waals surface area contributed by atoms with E-state index in [0.29, 0.717) is 12.0 Å². The van der Waals surface area contributed by atoms with Gasteiger partial charge in [-0.3, -0.25) is 0 Å². The molecule has 2 nitrogen and oxygen atoms in total. The van der Waals surface area contributed by atoms with Crippen molar-refractivity contribution in [2.24, 2.45) is 17.6 Å². The third-order valence-corrected chi connectivity index (χ3v) is 4.34. The van der Waals surface area contributed by atoms with Crippen LogP contribution in [0.1, 0.15) is 45.4 Å². The smallest absolute Gasteiger partial charge is 0.0229 e. The van der Waals surface area contributed by atoms with Crippen LogP contribution in [0.2, 0.25) is 0 Å². The topological polar surface area (TPSA) is 29.3 Å². The second kappa shape index (κ2) is 6.55. The molecule has 0 bridgehead atoms. The third-order valence-electron chi connectivity index (χ3n) is 4.34. The third kappa shape index (κ3) is 4.11. The van der Waals surface area contributed by atoms with Gasteiger partial charge in [0.05, 0.1) is 0 Å². The van der Waals surface area contributed by atoms with Crippen LogP contribution >= 0.6 is 0 Å². The zero-order chi connectivity index (χ0) is 12.1. The van der Waals surface area contributed by atoms with Gasteiger partial charge in [-0.15, -0.1) is 0 Å². The van der Waals surface area contributed by atoms with Gasteiger partial charge in [0.25, 0.3) is 0 Å².